The van der Waals surface area contributed by atoms with Gasteiger partial charge in [-0.1, -0.05) is 6.92 Å². The van der Waals surface area contributed by atoms with Crippen molar-refractivity contribution in [3.05, 3.63) is 12.3 Å². The Morgan fingerprint density at radius 1 is 1.42 bits per heavy atom. The van der Waals surface area contributed by atoms with Crippen molar-refractivity contribution in [2.45, 2.75) is 38.2 Å². The van der Waals surface area contributed by atoms with Gasteiger partial charge >= 0.3 is 0 Å². The van der Waals surface area contributed by atoms with Crippen LogP contribution in [0.3, 0.4) is 0 Å². The van der Waals surface area contributed by atoms with Crippen molar-refractivity contribution >= 4 is 11.8 Å². The zero-order valence-electron chi connectivity index (χ0n) is 12.1. The number of nitrogens with one attached hydrogen (secondary N) is 1. The summed E-state index contributed by atoms with van der Waals surface area (Å²) in [5, 5.41) is 13.7. The lowest BCUT2D eigenvalue weighted by Gasteiger charge is -2.35. The Morgan fingerprint density at radius 3 is 2.74 bits per heavy atom. The molecule has 1 fully saturated rings. The maximum Gasteiger partial charge on any atom is 0.226 e. The molecule has 106 valence electrons. The molecule has 2 N–H and O–H groups in total. The molecule has 0 amide bonds. The zero-order chi connectivity index (χ0) is 13.9. The Balaban J connectivity index is 1.93. The molecule has 0 aliphatic heterocycles. The summed E-state index contributed by atoms with van der Waals surface area (Å²) in [6, 6.07) is 1.84. The molecular formula is C14H24N4O. The zero-order valence-corrected chi connectivity index (χ0v) is 12.1. The van der Waals surface area contributed by atoms with Crippen LogP contribution < -0.4 is 10.2 Å². The fourth-order valence-corrected chi connectivity index (χ4v) is 2.39. The predicted octanol–water partition coefficient (Wildman–Crippen LogP) is 1.90. The van der Waals surface area contributed by atoms with E-state index in [1.807, 2.05) is 25.1 Å². The molecule has 1 heterocycles. The summed E-state index contributed by atoms with van der Waals surface area (Å²) in [5.41, 5.74) is -0.588. The van der Waals surface area contributed by atoms with Crippen molar-refractivity contribution in [1.82, 2.24) is 9.97 Å². The molecule has 1 aliphatic carbocycles. The molecule has 0 spiro atoms. The van der Waals surface area contributed by atoms with Gasteiger partial charge < -0.3 is 15.3 Å². The molecule has 1 saturated carbocycles. The highest BCUT2D eigenvalue weighted by molar-refractivity contribution is 5.40. The van der Waals surface area contributed by atoms with Crippen molar-refractivity contribution in [2.75, 3.05) is 30.9 Å². The van der Waals surface area contributed by atoms with E-state index in [1.54, 1.807) is 6.20 Å². The Labute approximate surface area is 115 Å². The lowest BCUT2D eigenvalue weighted by atomic mass is 9.79. The summed E-state index contributed by atoms with van der Waals surface area (Å²) in [7, 11) is 3.82. The van der Waals surface area contributed by atoms with Crippen molar-refractivity contribution in [1.29, 1.82) is 0 Å². The summed E-state index contributed by atoms with van der Waals surface area (Å²) in [6.07, 6.45) is 5.67. The number of aliphatic hydroxyl groups is 1. The van der Waals surface area contributed by atoms with Crippen LogP contribution in [0.4, 0.5) is 11.8 Å². The van der Waals surface area contributed by atoms with Crippen LogP contribution in [0.5, 0.6) is 0 Å². The molecule has 0 saturated heterocycles. The number of hydrogen-bond acceptors (Lipinski definition) is 5. The third-order valence-electron chi connectivity index (χ3n) is 3.85. The number of hydrogen-bond donors (Lipinski definition) is 2. The molecule has 1 aromatic rings. The summed E-state index contributed by atoms with van der Waals surface area (Å²) in [4.78, 5) is 10.4. The van der Waals surface area contributed by atoms with Crippen LogP contribution >= 0.6 is 0 Å². The average molecular weight is 264 g/mol. The van der Waals surface area contributed by atoms with Gasteiger partial charge in [-0.05, 0) is 37.7 Å². The van der Waals surface area contributed by atoms with E-state index in [0.29, 0.717) is 12.5 Å². The molecule has 0 unspecified atom stereocenters. The predicted molar refractivity (Wildman–Crippen MR) is 77.4 cm³/mol. The topological polar surface area (TPSA) is 61.3 Å². The Hall–Kier alpha value is -1.36. The number of aromatic nitrogens is 2. The summed E-state index contributed by atoms with van der Waals surface area (Å²) >= 11 is 0. The largest absolute Gasteiger partial charge is 0.388 e. The fourth-order valence-electron chi connectivity index (χ4n) is 2.39. The highest BCUT2D eigenvalue weighted by Gasteiger charge is 2.31. The van der Waals surface area contributed by atoms with E-state index in [1.165, 1.54) is 0 Å². The van der Waals surface area contributed by atoms with Gasteiger partial charge in [0, 0.05) is 26.8 Å². The van der Waals surface area contributed by atoms with Gasteiger partial charge in [-0.15, -0.1) is 0 Å². The first-order chi connectivity index (χ1) is 8.98. The highest BCUT2D eigenvalue weighted by Crippen LogP contribution is 2.31. The van der Waals surface area contributed by atoms with Crippen molar-refractivity contribution in [2.24, 2.45) is 5.92 Å². The monoisotopic (exact) mass is 264 g/mol. The standard InChI is InChI=1S/C14H24N4O/c1-11-4-7-14(19,8-5-11)10-16-12-6-9-15-13(17-12)18(2)3/h6,9,11,19H,4-5,7-8,10H2,1-3H3,(H,15,16,17). The van der Waals surface area contributed by atoms with E-state index in [4.69, 9.17) is 0 Å². The van der Waals surface area contributed by atoms with Gasteiger partial charge in [-0.25, -0.2) is 4.98 Å². The van der Waals surface area contributed by atoms with Crippen LogP contribution in [0.15, 0.2) is 12.3 Å². The molecular weight excluding hydrogens is 240 g/mol. The summed E-state index contributed by atoms with van der Waals surface area (Å²) in [5.74, 6) is 2.18. The summed E-state index contributed by atoms with van der Waals surface area (Å²) in [6.45, 7) is 2.81. The van der Waals surface area contributed by atoms with Gasteiger partial charge in [-0.2, -0.15) is 4.98 Å². The minimum atomic E-state index is -0.588. The van der Waals surface area contributed by atoms with Crippen LogP contribution in [0.1, 0.15) is 32.6 Å². The molecule has 0 aromatic carbocycles. The molecule has 5 heteroatoms. The third-order valence-corrected chi connectivity index (χ3v) is 3.85. The smallest absolute Gasteiger partial charge is 0.226 e. The van der Waals surface area contributed by atoms with Crippen molar-refractivity contribution in [3.63, 3.8) is 0 Å². The molecule has 0 bridgehead atoms. The second-order valence-corrected chi connectivity index (χ2v) is 5.90. The number of anilines is 2. The van der Waals surface area contributed by atoms with Crippen molar-refractivity contribution in [3.8, 4) is 0 Å². The second-order valence-electron chi connectivity index (χ2n) is 5.90. The molecule has 2 rings (SSSR count). The van der Waals surface area contributed by atoms with Crippen LogP contribution in [0.2, 0.25) is 0 Å². The second kappa shape index (κ2) is 5.74. The SMILES string of the molecule is CC1CCC(O)(CNc2ccnc(N(C)C)n2)CC1. The van der Waals surface area contributed by atoms with E-state index >= 15 is 0 Å². The minimum Gasteiger partial charge on any atom is -0.388 e. The van der Waals surface area contributed by atoms with E-state index in [9.17, 15) is 5.11 Å². The first-order valence-electron chi connectivity index (χ1n) is 6.95. The lowest BCUT2D eigenvalue weighted by molar-refractivity contribution is 0.00494. The number of nitrogens with zero attached hydrogens (tertiary/aromatic N) is 3. The van der Waals surface area contributed by atoms with Crippen LogP contribution in [-0.2, 0) is 0 Å². The maximum atomic E-state index is 10.5. The normalized spacial score (nSPS) is 27.1. The van der Waals surface area contributed by atoms with Gasteiger partial charge in [0.05, 0.1) is 5.60 Å². The van der Waals surface area contributed by atoms with E-state index in [-0.39, 0.29) is 0 Å². The Bertz CT molecular complexity index is 414. The van der Waals surface area contributed by atoms with E-state index in [2.05, 4.69) is 22.2 Å². The van der Waals surface area contributed by atoms with Gasteiger partial charge in [0.15, 0.2) is 0 Å². The molecule has 0 atom stereocenters. The fraction of sp³-hybridized carbons (Fsp3) is 0.714. The molecule has 0 radical (unpaired) electrons. The average Bonchev–Trinajstić information content (AvgIpc) is 2.41. The van der Waals surface area contributed by atoms with Crippen LogP contribution in [-0.4, -0.2) is 41.3 Å². The molecule has 1 aliphatic rings. The Kier molecular flexibility index (Phi) is 4.24. The molecule has 1 aromatic heterocycles. The Morgan fingerprint density at radius 2 is 2.11 bits per heavy atom. The third kappa shape index (κ3) is 3.80. The van der Waals surface area contributed by atoms with E-state index in [0.717, 1.165) is 37.4 Å². The van der Waals surface area contributed by atoms with Gasteiger partial charge in [0.25, 0.3) is 0 Å². The van der Waals surface area contributed by atoms with Crippen LogP contribution in [0, 0.1) is 5.92 Å². The first kappa shape index (κ1) is 14.1. The lowest BCUT2D eigenvalue weighted by Crippen LogP contribution is -2.40. The van der Waals surface area contributed by atoms with Crippen molar-refractivity contribution < 1.29 is 5.11 Å². The van der Waals surface area contributed by atoms with Gasteiger partial charge in [0.1, 0.15) is 5.82 Å². The van der Waals surface area contributed by atoms with E-state index < -0.39 is 5.60 Å². The van der Waals surface area contributed by atoms with Crippen LogP contribution in [0.25, 0.3) is 0 Å². The molecule has 5 nitrogen and oxygen atoms in total. The minimum absolute atomic E-state index is 0.559. The highest BCUT2D eigenvalue weighted by atomic mass is 16.3. The number of rotatable bonds is 4. The van der Waals surface area contributed by atoms with Gasteiger partial charge in [-0.3, -0.25) is 0 Å². The molecule has 19 heavy (non-hydrogen) atoms. The quantitative estimate of drug-likeness (QED) is 0.869. The first-order valence-corrected chi connectivity index (χ1v) is 6.95. The van der Waals surface area contributed by atoms with Gasteiger partial charge in [0.2, 0.25) is 5.95 Å². The maximum absolute atomic E-state index is 10.5. The summed E-state index contributed by atoms with van der Waals surface area (Å²) < 4.78 is 0.